The van der Waals surface area contributed by atoms with Gasteiger partial charge in [0.15, 0.2) is 0 Å². The van der Waals surface area contributed by atoms with Crippen LogP contribution in [0.1, 0.15) is 44.2 Å². The molecule has 26 heavy (non-hydrogen) atoms. The van der Waals surface area contributed by atoms with E-state index >= 15 is 0 Å². The van der Waals surface area contributed by atoms with Crippen LogP contribution in [0, 0.1) is 5.92 Å². The van der Waals surface area contributed by atoms with E-state index in [-0.39, 0.29) is 11.9 Å². The quantitative estimate of drug-likeness (QED) is 0.881. The molecule has 1 amide bonds. The third kappa shape index (κ3) is 3.96. The number of nitrogens with zero attached hydrogens (tertiary/aromatic N) is 2. The fourth-order valence-electron chi connectivity index (χ4n) is 5.22. The van der Waals surface area contributed by atoms with Gasteiger partial charge >= 0.3 is 0 Å². The summed E-state index contributed by atoms with van der Waals surface area (Å²) in [4.78, 5) is 17.4. The van der Waals surface area contributed by atoms with E-state index in [0.29, 0.717) is 18.5 Å². The van der Waals surface area contributed by atoms with Crippen molar-refractivity contribution in [3.05, 3.63) is 35.4 Å². The number of rotatable bonds is 5. The number of hydrogen-bond donors (Lipinski definition) is 1. The van der Waals surface area contributed by atoms with Crippen LogP contribution in [-0.4, -0.2) is 60.0 Å². The molecule has 5 rings (SSSR count). The van der Waals surface area contributed by atoms with Gasteiger partial charge in [0.1, 0.15) is 0 Å². The Labute approximate surface area is 157 Å². The molecule has 1 aliphatic carbocycles. The lowest BCUT2D eigenvalue weighted by atomic mass is 9.95. The highest BCUT2D eigenvalue weighted by Gasteiger charge is 2.38. The number of carbonyl (C=O) groups is 1. The summed E-state index contributed by atoms with van der Waals surface area (Å²) in [7, 11) is 0. The van der Waals surface area contributed by atoms with Crippen molar-refractivity contribution in [2.45, 2.75) is 64.1 Å². The fourth-order valence-corrected chi connectivity index (χ4v) is 5.22. The summed E-state index contributed by atoms with van der Waals surface area (Å²) in [5.74, 6) is 0.967. The molecule has 3 saturated heterocycles. The summed E-state index contributed by atoms with van der Waals surface area (Å²) in [5.41, 5.74) is 3.10. The van der Waals surface area contributed by atoms with E-state index < -0.39 is 0 Å². The molecule has 1 aromatic rings. The zero-order valence-electron chi connectivity index (χ0n) is 16.3. The molecule has 4 nitrogen and oxygen atoms in total. The molecule has 0 radical (unpaired) electrons. The first kappa shape index (κ1) is 18.0. The highest BCUT2D eigenvalue weighted by molar-refractivity contribution is 5.76. The number of nitrogens with one attached hydrogen (secondary N) is 1. The first-order valence-electron chi connectivity index (χ1n) is 10.4. The van der Waals surface area contributed by atoms with E-state index in [1.54, 1.807) is 11.1 Å². The summed E-state index contributed by atoms with van der Waals surface area (Å²) >= 11 is 0. The zero-order valence-corrected chi connectivity index (χ0v) is 16.3. The average molecular weight is 356 g/mol. The number of piperidine rings is 1. The molecule has 3 aliphatic heterocycles. The lowest BCUT2D eigenvalue weighted by Gasteiger charge is -2.36. The molecule has 2 bridgehead atoms. The van der Waals surface area contributed by atoms with Gasteiger partial charge in [0.05, 0.1) is 0 Å². The maximum Gasteiger partial charge on any atom is 0.221 e. The van der Waals surface area contributed by atoms with Gasteiger partial charge in [-0.05, 0) is 56.6 Å². The topological polar surface area (TPSA) is 35.6 Å². The second-order valence-corrected chi connectivity index (χ2v) is 8.85. The number of fused-ring (bicyclic) bond motifs is 5. The Morgan fingerprint density at radius 1 is 1.08 bits per heavy atom. The lowest BCUT2D eigenvalue weighted by molar-refractivity contribution is -0.122. The van der Waals surface area contributed by atoms with E-state index in [1.165, 1.54) is 45.3 Å². The minimum absolute atomic E-state index is 0.197. The van der Waals surface area contributed by atoms with E-state index in [0.717, 1.165) is 12.5 Å². The van der Waals surface area contributed by atoms with E-state index in [4.69, 9.17) is 0 Å². The van der Waals surface area contributed by atoms with Crippen molar-refractivity contribution >= 4 is 5.91 Å². The Morgan fingerprint density at radius 2 is 1.81 bits per heavy atom. The SMILES string of the molecule is CC(C)NC(=O)CCN1C[C@H]2CC[C@@H]1CN(C1Cc3ccccc3C1)C2. The monoisotopic (exact) mass is 355 g/mol. The van der Waals surface area contributed by atoms with Gasteiger partial charge in [-0.25, -0.2) is 0 Å². The van der Waals surface area contributed by atoms with Crippen molar-refractivity contribution in [1.82, 2.24) is 15.1 Å². The Kier molecular flexibility index (Phi) is 5.32. The second-order valence-electron chi connectivity index (χ2n) is 8.85. The normalized spacial score (nSPS) is 26.9. The highest BCUT2D eigenvalue weighted by atomic mass is 16.1. The van der Waals surface area contributed by atoms with Gasteiger partial charge in [-0.1, -0.05) is 24.3 Å². The predicted molar refractivity (Wildman–Crippen MR) is 105 cm³/mol. The van der Waals surface area contributed by atoms with Crippen LogP contribution < -0.4 is 5.32 Å². The smallest absolute Gasteiger partial charge is 0.221 e. The van der Waals surface area contributed by atoms with Crippen molar-refractivity contribution < 1.29 is 4.79 Å². The van der Waals surface area contributed by atoms with Crippen LogP contribution in [0.5, 0.6) is 0 Å². The second kappa shape index (κ2) is 7.69. The molecule has 0 unspecified atom stereocenters. The van der Waals surface area contributed by atoms with Gasteiger partial charge in [0.25, 0.3) is 0 Å². The molecule has 1 N–H and O–H groups in total. The van der Waals surface area contributed by atoms with Gasteiger partial charge in [0, 0.05) is 50.7 Å². The van der Waals surface area contributed by atoms with Crippen LogP contribution in [0.4, 0.5) is 0 Å². The maximum absolute atomic E-state index is 12.0. The standard InChI is InChI=1S/C22H33N3O/c1-16(2)23-22(26)9-10-24-13-17-7-8-20(24)15-25(14-17)21-11-18-5-3-4-6-19(18)12-21/h3-6,16-17,20-21H,7-15H2,1-2H3,(H,23,26)/t17-,20-/m1/s1. The van der Waals surface area contributed by atoms with Crippen LogP contribution in [0.25, 0.3) is 0 Å². The molecular weight excluding hydrogens is 322 g/mol. The van der Waals surface area contributed by atoms with E-state index in [2.05, 4.69) is 39.4 Å². The van der Waals surface area contributed by atoms with Crippen molar-refractivity contribution in [2.24, 2.45) is 5.92 Å². The molecule has 4 heteroatoms. The van der Waals surface area contributed by atoms with Crippen molar-refractivity contribution in [3.8, 4) is 0 Å². The number of benzene rings is 1. The van der Waals surface area contributed by atoms with Crippen LogP contribution in [-0.2, 0) is 17.6 Å². The van der Waals surface area contributed by atoms with Crippen molar-refractivity contribution in [1.29, 1.82) is 0 Å². The molecule has 3 heterocycles. The van der Waals surface area contributed by atoms with Crippen LogP contribution >= 0.6 is 0 Å². The van der Waals surface area contributed by atoms with Gasteiger partial charge in [-0.2, -0.15) is 0 Å². The molecule has 142 valence electrons. The zero-order chi connectivity index (χ0) is 18.1. The van der Waals surface area contributed by atoms with Crippen LogP contribution in [0.2, 0.25) is 0 Å². The molecule has 0 saturated carbocycles. The fraction of sp³-hybridized carbons (Fsp3) is 0.682. The minimum atomic E-state index is 0.197. The van der Waals surface area contributed by atoms with E-state index in [9.17, 15) is 4.79 Å². The highest BCUT2D eigenvalue weighted by Crippen LogP contribution is 2.32. The van der Waals surface area contributed by atoms with Crippen LogP contribution in [0.15, 0.2) is 24.3 Å². The molecule has 0 aromatic heterocycles. The van der Waals surface area contributed by atoms with Gasteiger partial charge in [-0.15, -0.1) is 0 Å². The number of hydrogen-bond acceptors (Lipinski definition) is 3. The summed E-state index contributed by atoms with van der Waals surface area (Å²) in [6.45, 7) is 8.58. The first-order valence-corrected chi connectivity index (χ1v) is 10.4. The third-order valence-electron chi connectivity index (χ3n) is 6.48. The Morgan fingerprint density at radius 3 is 2.50 bits per heavy atom. The Bertz CT molecular complexity index is 619. The number of carbonyl (C=O) groups excluding carboxylic acids is 1. The summed E-state index contributed by atoms with van der Waals surface area (Å²) in [6, 6.07) is 10.5. The van der Waals surface area contributed by atoms with Gasteiger partial charge < -0.3 is 5.32 Å². The van der Waals surface area contributed by atoms with Gasteiger partial charge in [0.2, 0.25) is 5.91 Å². The summed E-state index contributed by atoms with van der Waals surface area (Å²) in [5, 5.41) is 3.03. The summed E-state index contributed by atoms with van der Waals surface area (Å²) < 4.78 is 0. The first-order chi connectivity index (χ1) is 12.6. The van der Waals surface area contributed by atoms with E-state index in [1.807, 2.05) is 13.8 Å². The van der Waals surface area contributed by atoms with Gasteiger partial charge in [-0.3, -0.25) is 14.6 Å². The lowest BCUT2D eigenvalue weighted by Crippen LogP contribution is -2.46. The Hall–Kier alpha value is -1.39. The van der Waals surface area contributed by atoms with Crippen LogP contribution in [0.3, 0.4) is 0 Å². The minimum Gasteiger partial charge on any atom is -0.354 e. The van der Waals surface area contributed by atoms with Crippen molar-refractivity contribution in [2.75, 3.05) is 26.2 Å². The average Bonchev–Trinajstić information content (AvgIpc) is 2.83. The molecular formula is C22H33N3O. The summed E-state index contributed by atoms with van der Waals surface area (Å²) in [6.07, 6.45) is 5.72. The molecule has 1 aromatic carbocycles. The molecule has 0 spiro atoms. The molecule has 4 aliphatic rings. The number of amides is 1. The Balaban J connectivity index is 1.36. The largest absolute Gasteiger partial charge is 0.354 e. The third-order valence-corrected chi connectivity index (χ3v) is 6.48. The maximum atomic E-state index is 12.0. The van der Waals surface area contributed by atoms with Crippen molar-refractivity contribution in [3.63, 3.8) is 0 Å². The molecule has 3 fully saturated rings. The predicted octanol–water partition coefficient (Wildman–Crippen LogP) is 2.46. The molecule has 2 atom stereocenters.